The number of esters is 2. The van der Waals surface area contributed by atoms with Crippen molar-refractivity contribution in [2.75, 3.05) is 6.61 Å². The highest BCUT2D eigenvalue weighted by molar-refractivity contribution is 6.23. The Morgan fingerprint density at radius 2 is 0.960 bits per heavy atom. The van der Waals surface area contributed by atoms with Gasteiger partial charge in [0.2, 0.25) is 0 Å². The van der Waals surface area contributed by atoms with Gasteiger partial charge < -0.3 is 14.6 Å². The number of carbonyl (C=O) groups is 4. The number of aliphatic hydroxyl groups is 1. The van der Waals surface area contributed by atoms with E-state index in [4.69, 9.17) is 9.47 Å². The minimum Gasteiger partial charge on any atom is -0.430 e. The van der Waals surface area contributed by atoms with Crippen LogP contribution < -0.4 is 0 Å². The Morgan fingerprint density at radius 3 is 1.24 bits per heavy atom. The van der Waals surface area contributed by atoms with Crippen LogP contribution in [0.2, 0.25) is 0 Å². The third kappa shape index (κ3) is 10.1. The fourth-order valence-corrected chi connectivity index (χ4v) is 7.64. The lowest BCUT2D eigenvalue weighted by atomic mass is 9.78. The summed E-state index contributed by atoms with van der Waals surface area (Å²) in [6, 6.07) is 8.52. The number of ketones is 2. The molecule has 0 saturated carbocycles. The molecule has 0 fully saturated rings. The van der Waals surface area contributed by atoms with Gasteiger partial charge in [0.25, 0.3) is 0 Å². The van der Waals surface area contributed by atoms with E-state index in [-0.39, 0.29) is 36.0 Å². The van der Waals surface area contributed by atoms with Gasteiger partial charge in [-0.3, -0.25) is 19.2 Å². The number of Topliss-reactive ketones (excluding diaryl/α,β-unsaturated/α-hetero) is 2. The van der Waals surface area contributed by atoms with Gasteiger partial charge >= 0.3 is 11.9 Å². The number of benzene rings is 2. The Bertz CT molecular complexity index is 1470. The summed E-state index contributed by atoms with van der Waals surface area (Å²) >= 11 is 0. The van der Waals surface area contributed by atoms with E-state index < -0.39 is 5.97 Å². The number of hydrogen-bond acceptors (Lipinski definition) is 7. The maximum atomic E-state index is 13.0. The standard InChI is InChI=1S/C22H30O3.C21H28O4/c1-6-9-16-12-19(24)22(20(13-16)25-15(5)23)21-17(7-2)10-14(4)11-18(21)8-3;1-5-16-9-13(3)10-17(6-2)20(16)21-18(24)11-15(7-8-22)12-19(21)25-14(4)23/h10-11,16H,6-9,12-13H2,1-5H3;9-10,15,22H,5-8,11-12H2,1-4H3. The highest BCUT2D eigenvalue weighted by Crippen LogP contribution is 2.40. The summed E-state index contributed by atoms with van der Waals surface area (Å²) in [5.41, 5.74) is 10.1. The van der Waals surface area contributed by atoms with Gasteiger partial charge in [0.1, 0.15) is 11.5 Å². The average molecular weight is 687 g/mol. The van der Waals surface area contributed by atoms with Gasteiger partial charge in [-0.25, -0.2) is 0 Å². The molecule has 0 aromatic heterocycles. The molecule has 0 aliphatic heterocycles. The molecule has 1 N–H and O–H groups in total. The Morgan fingerprint density at radius 1 is 0.620 bits per heavy atom. The quantitative estimate of drug-likeness (QED) is 0.222. The second kappa shape index (κ2) is 19.0. The number of carbonyl (C=O) groups excluding carboxylic acids is 4. The molecular weight excluding hydrogens is 628 g/mol. The van der Waals surface area contributed by atoms with Crippen LogP contribution in [0.3, 0.4) is 0 Å². The third-order valence-electron chi connectivity index (χ3n) is 9.70. The van der Waals surface area contributed by atoms with Crippen molar-refractivity contribution < 1.29 is 33.8 Å². The van der Waals surface area contributed by atoms with Crippen molar-refractivity contribution in [1.29, 1.82) is 0 Å². The minimum absolute atomic E-state index is 0.00852. The summed E-state index contributed by atoms with van der Waals surface area (Å²) in [4.78, 5) is 49.3. The van der Waals surface area contributed by atoms with E-state index in [2.05, 4.69) is 72.7 Å². The van der Waals surface area contributed by atoms with E-state index >= 15 is 0 Å². The first-order chi connectivity index (χ1) is 23.8. The summed E-state index contributed by atoms with van der Waals surface area (Å²) in [6.07, 6.45) is 8.02. The van der Waals surface area contributed by atoms with Crippen LogP contribution in [-0.2, 0) is 54.3 Å². The largest absolute Gasteiger partial charge is 0.430 e. The number of hydrogen-bond donors (Lipinski definition) is 1. The molecule has 272 valence electrons. The molecule has 2 aliphatic rings. The molecule has 0 bridgehead atoms. The van der Waals surface area contributed by atoms with E-state index in [0.717, 1.165) is 60.8 Å². The normalized spacial score (nSPS) is 17.8. The van der Waals surface area contributed by atoms with E-state index in [0.29, 0.717) is 54.8 Å². The summed E-state index contributed by atoms with van der Waals surface area (Å²) in [6.45, 7) is 17.4. The lowest BCUT2D eigenvalue weighted by Crippen LogP contribution is -2.23. The lowest BCUT2D eigenvalue weighted by molar-refractivity contribution is -0.138. The first-order valence-corrected chi connectivity index (χ1v) is 18.6. The van der Waals surface area contributed by atoms with E-state index in [1.807, 2.05) is 0 Å². The molecule has 0 radical (unpaired) electrons. The fraction of sp³-hybridized carbons (Fsp3) is 0.535. The van der Waals surface area contributed by atoms with Gasteiger partial charge in [-0.1, -0.05) is 76.4 Å². The molecule has 0 heterocycles. The first kappa shape index (κ1) is 40.6. The Kier molecular flexibility index (Phi) is 15.4. The van der Waals surface area contributed by atoms with E-state index in [1.165, 1.54) is 36.1 Å². The van der Waals surface area contributed by atoms with Crippen molar-refractivity contribution in [1.82, 2.24) is 0 Å². The van der Waals surface area contributed by atoms with Crippen LogP contribution in [0.25, 0.3) is 11.1 Å². The highest BCUT2D eigenvalue weighted by Gasteiger charge is 2.34. The third-order valence-corrected chi connectivity index (χ3v) is 9.70. The number of aliphatic hydroxyl groups excluding tert-OH is 1. The second-order valence-corrected chi connectivity index (χ2v) is 13.8. The SMILES string of the molecule is CCCC1CC(=O)C(c2c(CC)cc(C)cc2CC)=C(OC(C)=O)C1.CCc1cc(C)cc(CC)c1C1=C(OC(C)=O)CC(CCO)CC1=O. The second-order valence-electron chi connectivity index (χ2n) is 13.8. The predicted octanol–water partition coefficient (Wildman–Crippen LogP) is 8.93. The van der Waals surface area contributed by atoms with Gasteiger partial charge in [-0.15, -0.1) is 0 Å². The van der Waals surface area contributed by atoms with Gasteiger partial charge in [0.15, 0.2) is 11.6 Å². The fourth-order valence-electron chi connectivity index (χ4n) is 7.64. The summed E-state index contributed by atoms with van der Waals surface area (Å²) in [7, 11) is 0. The zero-order chi connectivity index (χ0) is 37.1. The molecule has 2 unspecified atom stereocenters. The van der Waals surface area contributed by atoms with E-state index in [1.54, 1.807) is 0 Å². The van der Waals surface area contributed by atoms with Crippen molar-refractivity contribution in [2.45, 2.75) is 133 Å². The molecule has 0 saturated heterocycles. The lowest BCUT2D eigenvalue weighted by Gasteiger charge is -2.27. The zero-order valence-electron chi connectivity index (χ0n) is 31.8. The molecule has 50 heavy (non-hydrogen) atoms. The van der Waals surface area contributed by atoms with Crippen LogP contribution in [0.1, 0.15) is 138 Å². The van der Waals surface area contributed by atoms with Crippen LogP contribution >= 0.6 is 0 Å². The van der Waals surface area contributed by atoms with Gasteiger partial charge in [0, 0.05) is 46.1 Å². The van der Waals surface area contributed by atoms with Gasteiger partial charge in [0.05, 0.1) is 11.1 Å². The number of rotatable bonds is 12. The summed E-state index contributed by atoms with van der Waals surface area (Å²) < 4.78 is 11.0. The summed E-state index contributed by atoms with van der Waals surface area (Å²) in [5.74, 6) is 0.718. The molecule has 4 rings (SSSR count). The maximum absolute atomic E-state index is 13.0. The first-order valence-electron chi connectivity index (χ1n) is 18.6. The van der Waals surface area contributed by atoms with Gasteiger partial charge in [-0.05, 0) is 97.6 Å². The Balaban J connectivity index is 0.000000270. The molecule has 2 atom stereocenters. The molecule has 2 aliphatic carbocycles. The monoisotopic (exact) mass is 686 g/mol. The van der Waals surface area contributed by atoms with Crippen molar-refractivity contribution in [3.63, 3.8) is 0 Å². The van der Waals surface area contributed by atoms with Crippen molar-refractivity contribution >= 4 is 34.7 Å². The maximum Gasteiger partial charge on any atom is 0.307 e. The van der Waals surface area contributed by atoms with Crippen molar-refractivity contribution in [3.8, 4) is 0 Å². The number of allylic oxidation sites excluding steroid dienone is 4. The molecule has 0 amide bonds. The minimum atomic E-state index is -0.409. The smallest absolute Gasteiger partial charge is 0.307 e. The van der Waals surface area contributed by atoms with Crippen LogP contribution in [-0.4, -0.2) is 35.2 Å². The topological polar surface area (TPSA) is 107 Å². The Hall–Kier alpha value is -3.84. The summed E-state index contributed by atoms with van der Waals surface area (Å²) in [5, 5.41) is 9.22. The number of ether oxygens (including phenoxy) is 2. The predicted molar refractivity (Wildman–Crippen MR) is 199 cm³/mol. The van der Waals surface area contributed by atoms with Crippen LogP contribution in [0.15, 0.2) is 35.8 Å². The van der Waals surface area contributed by atoms with Crippen LogP contribution in [0, 0.1) is 25.7 Å². The van der Waals surface area contributed by atoms with Crippen LogP contribution in [0.5, 0.6) is 0 Å². The zero-order valence-corrected chi connectivity index (χ0v) is 31.8. The molecule has 0 spiro atoms. The molecule has 7 nitrogen and oxygen atoms in total. The molecular formula is C43H58O7. The highest BCUT2D eigenvalue weighted by atomic mass is 16.5. The van der Waals surface area contributed by atoms with Crippen molar-refractivity contribution in [2.24, 2.45) is 11.8 Å². The molecule has 7 heteroatoms. The van der Waals surface area contributed by atoms with E-state index in [9.17, 15) is 24.3 Å². The Labute approximate surface area is 299 Å². The number of aryl methyl sites for hydroxylation is 6. The molecule has 2 aromatic carbocycles. The van der Waals surface area contributed by atoms with Crippen LogP contribution in [0.4, 0.5) is 0 Å². The molecule has 2 aromatic rings. The van der Waals surface area contributed by atoms with Gasteiger partial charge in [-0.2, -0.15) is 0 Å². The average Bonchev–Trinajstić information content (AvgIpc) is 3.04. The van der Waals surface area contributed by atoms with Crippen molar-refractivity contribution in [3.05, 3.63) is 80.3 Å².